The van der Waals surface area contributed by atoms with Crippen LogP contribution >= 0.6 is 11.3 Å². The van der Waals surface area contributed by atoms with Crippen LogP contribution in [0.3, 0.4) is 0 Å². The number of hydrazone groups is 1. The van der Waals surface area contributed by atoms with Gasteiger partial charge in [0.05, 0.1) is 26.1 Å². The SMILES string of the molecule is COC(=O)c1sc(N/N=C\c2cccc(OC)c2)nc1C. The Bertz CT molecular complexity index is 667. The lowest BCUT2D eigenvalue weighted by Crippen LogP contribution is -1.99. The standard InChI is InChI=1S/C14H15N3O3S/c1-9-12(13(18)20-3)21-14(16-9)17-15-8-10-5-4-6-11(7-10)19-2/h4-8H,1-3H3,(H,16,17)/b15-8-. The summed E-state index contributed by atoms with van der Waals surface area (Å²) in [5, 5.41) is 4.63. The van der Waals surface area contributed by atoms with Gasteiger partial charge in [-0.05, 0) is 24.6 Å². The van der Waals surface area contributed by atoms with Gasteiger partial charge in [-0.25, -0.2) is 9.78 Å². The second-order valence-corrected chi connectivity index (χ2v) is 5.07. The van der Waals surface area contributed by atoms with Crippen LogP contribution in [0.15, 0.2) is 29.4 Å². The second kappa shape index (κ2) is 6.85. The normalized spacial score (nSPS) is 10.6. The topological polar surface area (TPSA) is 72.8 Å². The Hall–Kier alpha value is -2.41. The first-order valence-electron chi connectivity index (χ1n) is 6.13. The van der Waals surface area contributed by atoms with Crippen molar-refractivity contribution in [1.82, 2.24) is 4.98 Å². The van der Waals surface area contributed by atoms with E-state index in [9.17, 15) is 4.79 Å². The Morgan fingerprint density at radius 1 is 1.43 bits per heavy atom. The van der Waals surface area contributed by atoms with Gasteiger partial charge in [-0.2, -0.15) is 5.10 Å². The van der Waals surface area contributed by atoms with Crippen LogP contribution in [-0.4, -0.2) is 31.4 Å². The van der Waals surface area contributed by atoms with Gasteiger partial charge in [0.2, 0.25) is 5.13 Å². The predicted molar refractivity (Wildman–Crippen MR) is 82.4 cm³/mol. The van der Waals surface area contributed by atoms with Gasteiger partial charge >= 0.3 is 5.97 Å². The molecule has 6 nitrogen and oxygen atoms in total. The molecule has 0 aliphatic carbocycles. The number of nitrogens with one attached hydrogen (secondary N) is 1. The second-order valence-electron chi connectivity index (χ2n) is 4.07. The van der Waals surface area contributed by atoms with Crippen molar-refractivity contribution in [2.24, 2.45) is 5.10 Å². The number of aromatic nitrogens is 1. The van der Waals surface area contributed by atoms with E-state index in [2.05, 4.69) is 20.2 Å². The van der Waals surface area contributed by atoms with E-state index in [-0.39, 0.29) is 0 Å². The highest BCUT2D eigenvalue weighted by molar-refractivity contribution is 7.17. The van der Waals surface area contributed by atoms with Crippen molar-refractivity contribution in [2.75, 3.05) is 19.6 Å². The molecule has 1 aromatic heterocycles. The molecule has 0 fully saturated rings. The average Bonchev–Trinajstić information content (AvgIpc) is 2.87. The van der Waals surface area contributed by atoms with Crippen LogP contribution in [-0.2, 0) is 4.74 Å². The Morgan fingerprint density at radius 3 is 2.95 bits per heavy atom. The summed E-state index contributed by atoms with van der Waals surface area (Å²) in [6.45, 7) is 1.75. The van der Waals surface area contributed by atoms with Crippen LogP contribution in [0.4, 0.5) is 5.13 Å². The van der Waals surface area contributed by atoms with E-state index < -0.39 is 5.97 Å². The van der Waals surface area contributed by atoms with Crippen LogP contribution in [0, 0.1) is 6.92 Å². The molecule has 0 radical (unpaired) electrons. The Balaban J connectivity index is 2.05. The summed E-state index contributed by atoms with van der Waals surface area (Å²) in [7, 11) is 2.96. The number of hydrogen-bond donors (Lipinski definition) is 1. The number of thiazole rings is 1. The first kappa shape index (κ1) is 15.0. The molecule has 1 N–H and O–H groups in total. The maximum absolute atomic E-state index is 11.5. The van der Waals surface area contributed by atoms with Crippen LogP contribution in [0.25, 0.3) is 0 Å². The van der Waals surface area contributed by atoms with Crippen LogP contribution < -0.4 is 10.2 Å². The molecule has 0 aliphatic rings. The van der Waals surface area contributed by atoms with E-state index in [4.69, 9.17) is 4.74 Å². The van der Waals surface area contributed by atoms with Crippen molar-refractivity contribution in [1.29, 1.82) is 0 Å². The predicted octanol–water partition coefficient (Wildman–Crippen LogP) is 2.69. The summed E-state index contributed by atoms with van der Waals surface area (Å²) in [5.74, 6) is 0.367. The molecular formula is C14H15N3O3S. The molecule has 0 aliphatic heterocycles. The van der Waals surface area contributed by atoms with E-state index in [1.54, 1.807) is 20.2 Å². The number of benzene rings is 1. The van der Waals surface area contributed by atoms with Gasteiger partial charge in [0.15, 0.2) is 0 Å². The number of carbonyl (C=O) groups is 1. The molecule has 2 rings (SSSR count). The highest BCUT2D eigenvalue weighted by Crippen LogP contribution is 2.23. The molecule has 0 bridgehead atoms. The van der Waals surface area contributed by atoms with Gasteiger partial charge in [-0.3, -0.25) is 5.43 Å². The zero-order valence-electron chi connectivity index (χ0n) is 11.9. The molecule has 1 heterocycles. The molecule has 0 atom stereocenters. The van der Waals surface area contributed by atoms with E-state index in [1.807, 2.05) is 24.3 Å². The van der Waals surface area contributed by atoms with Crippen molar-refractivity contribution >= 4 is 28.7 Å². The molecule has 0 saturated carbocycles. The highest BCUT2D eigenvalue weighted by atomic mass is 32.1. The number of nitrogens with zero attached hydrogens (tertiary/aromatic N) is 2. The molecule has 7 heteroatoms. The molecule has 1 aromatic carbocycles. The van der Waals surface area contributed by atoms with E-state index in [0.29, 0.717) is 15.7 Å². The first-order chi connectivity index (χ1) is 10.1. The molecule has 0 saturated heterocycles. The van der Waals surface area contributed by atoms with Crippen molar-refractivity contribution < 1.29 is 14.3 Å². The Labute approximate surface area is 126 Å². The van der Waals surface area contributed by atoms with Gasteiger partial charge in [-0.15, -0.1) is 0 Å². The fourth-order valence-corrected chi connectivity index (χ4v) is 2.44. The van der Waals surface area contributed by atoms with Crippen LogP contribution in [0.2, 0.25) is 0 Å². The van der Waals surface area contributed by atoms with Crippen LogP contribution in [0.5, 0.6) is 5.75 Å². The largest absolute Gasteiger partial charge is 0.497 e. The fourth-order valence-electron chi connectivity index (χ4n) is 1.61. The minimum Gasteiger partial charge on any atom is -0.497 e. The highest BCUT2D eigenvalue weighted by Gasteiger charge is 2.15. The zero-order chi connectivity index (χ0) is 15.2. The number of ether oxygens (including phenoxy) is 2. The quantitative estimate of drug-likeness (QED) is 0.522. The molecule has 0 spiro atoms. The smallest absolute Gasteiger partial charge is 0.350 e. The summed E-state index contributed by atoms with van der Waals surface area (Å²) >= 11 is 1.20. The number of methoxy groups -OCH3 is 2. The molecule has 21 heavy (non-hydrogen) atoms. The number of carbonyl (C=O) groups excluding carboxylic acids is 1. The first-order valence-corrected chi connectivity index (χ1v) is 6.94. The number of esters is 1. The maximum atomic E-state index is 11.5. The minimum absolute atomic E-state index is 0.394. The Morgan fingerprint density at radius 2 is 2.24 bits per heavy atom. The molecule has 0 unspecified atom stereocenters. The lowest BCUT2D eigenvalue weighted by Gasteiger charge is -1.99. The summed E-state index contributed by atoms with van der Waals surface area (Å²) in [4.78, 5) is 16.2. The summed E-state index contributed by atoms with van der Waals surface area (Å²) in [6, 6.07) is 7.50. The van der Waals surface area contributed by atoms with Crippen LogP contribution in [0.1, 0.15) is 20.9 Å². The van der Waals surface area contributed by atoms with E-state index >= 15 is 0 Å². The Kier molecular flexibility index (Phi) is 4.89. The fraction of sp³-hybridized carbons (Fsp3) is 0.214. The van der Waals surface area contributed by atoms with Crippen molar-refractivity contribution in [3.63, 3.8) is 0 Å². The molecule has 2 aromatic rings. The van der Waals surface area contributed by atoms with Crippen molar-refractivity contribution in [2.45, 2.75) is 6.92 Å². The lowest BCUT2D eigenvalue weighted by atomic mass is 10.2. The van der Waals surface area contributed by atoms with Crippen molar-refractivity contribution in [3.8, 4) is 5.75 Å². The van der Waals surface area contributed by atoms with Gasteiger partial charge in [-0.1, -0.05) is 23.5 Å². The summed E-state index contributed by atoms with van der Waals surface area (Å²) in [6.07, 6.45) is 1.65. The molecule has 110 valence electrons. The number of aryl methyl sites for hydroxylation is 1. The number of hydrogen-bond acceptors (Lipinski definition) is 7. The molecule has 0 amide bonds. The lowest BCUT2D eigenvalue weighted by molar-refractivity contribution is 0.0605. The number of rotatable bonds is 5. The minimum atomic E-state index is -0.394. The maximum Gasteiger partial charge on any atom is 0.350 e. The average molecular weight is 305 g/mol. The third kappa shape index (κ3) is 3.79. The van der Waals surface area contributed by atoms with Gasteiger partial charge in [0.25, 0.3) is 0 Å². The van der Waals surface area contributed by atoms with E-state index in [1.165, 1.54) is 18.4 Å². The monoisotopic (exact) mass is 305 g/mol. The van der Waals surface area contributed by atoms with Crippen molar-refractivity contribution in [3.05, 3.63) is 40.4 Å². The van der Waals surface area contributed by atoms with Gasteiger partial charge < -0.3 is 9.47 Å². The zero-order valence-corrected chi connectivity index (χ0v) is 12.7. The summed E-state index contributed by atoms with van der Waals surface area (Å²) < 4.78 is 9.81. The third-order valence-electron chi connectivity index (χ3n) is 2.63. The molecular weight excluding hydrogens is 290 g/mol. The van der Waals surface area contributed by atoms with Gasteiger partial charge in [0.1, 0.15) is 10.6 Å². The van der Waals surface area contributed by atoms with Gasteiger partial charge in [0, 0.05) is 0 Å². The van der Waals surface area contributed by atoms with E-state index in [0.717, 1.165) is 11.3 Å². The summed E-state index contributed by atoms with van der Waals surface area (Å²) in [5.41, 5.74) is 4.31. The third-order valence-corrected chi connectivity index (χ3v) is 3.68. The number of anilines is 1.